The summed E-state index contributed by atoms with van der Waals surface area (Å²) in [6.45, 7) is 2.00. The molecule has 7 nitrogen and oxygen atoms in total. The molecule has 28 heavy (non-hydrogen) atoms. The number of nitrogens with one attached hydrogen (secondary N) is 1. The summed E-state index contributed by atoms with van der Waals surface area (Å²) >= 11 is 0. The Morgan fingerprint density at radius 3 is 2.79 bits per heavy atom. The Morgan fingerprint density at radius 1 is 1.11 bits per heavy atom. The van der Waals surface area contributed by atoms with Crippen molar-refractivity contribution < 1.29 is 0 Å². The van der Waals surface area contributed by atoms with Gasteiger partial charge in [0.05, 0.1) is 17.9 Å². The van der Waals surface area contributed by atoms with Gasteiger partial charge in [-0.05, 0) is 63.9 Å². The zero-order chi connectivity index (χ0) is 19.1. The number of aryl methyl sites for hydroxylation is 3. The molecule has 2 aliphatic rings. The van der Waals surface area contributed by atoms with E-state index in [-0.39, 0.29) is 11.6 Å². The standard InChI is InChI=1S/C21H26N6O/c1-14-12-20(27-19(23-14)10-11-22-27)24-16-6-8-17(9-7-16)26-21(28)13-15-4-2-3-5-18(15)25-26/h10-13,16-17,24H,2-9H2,1H3. The highest BCUT2D eigenvalue weighted by Crippen LogP contribution is 2.29. The van der Waals surface area contributed by atoms with Gasteiger partial charge in [0.15, 0.2) is 5.65 Å². The number of rotatable bonds is 3. The smallest absolute Gasteiger partial charge is 0.267 e. The molecule has 3 aromatic rings. The van der Waals surface area contributed by atoms with Crippen molar-refractivity contribution in [3.8, 4) is 0 Å². The van der Waals surface area contributed by atoms with Gasteiger partial charge in [-0.3, -0.25) is 4.79 Å². The summed E-state index contributed by atoms with van der Waals surface area (Å²) in [5.41, 5.74) is 4.22. The highest BCUT2D eigenvalue weighted by Gasteiger charge is 2.25. The average Bonchev–Trinajstić information content (AvgIpc) is 3.17. The van der Waals surface area contributed by atoms with Crippen LogP contribution in [-0.2, 0) is 12.8 Å². The van der Waals surface area contributed by atoms with Gasteiger partial charge in [-0.2, -0.15) is 14.7 Å². The third kappa shape index (κ3) is 3.19. The SMILES string of the molecule is Cc1cc(NC2CCC(n3nc4c(cc3=O)CCCC4)CC2)n2nccc2n1. The molecule has 0 aliphatic heterocycles. The minimum Gasteiger partial charge on any atom is -0.367 e. The van der Waals surface area contributed by atoms with E-state index in [0.717, 1.165) is 61.4 Å². The fourth-order valence-electron chi connectivity index (χ4n) is 4.65. The van der Waals surface area contributed by atoms with Gasteiger partial charge in [0, 0.05) is 29.9 Å². The molecular weight excluding hydrogens is 352 g/mol. The first kappa shape index (κ1) is 17.4. The molecule has 0 aromatic carbocycles. The van der Waals surface area contributed by atoms with Crippen LogP contribution in [0.1, 0.15) is 61.5 Å². The van der Waals surface area contributed by atoms with E-state index in [4.69, 9.17) is 5.10 Å². The largest absolute Gasteiger partial charge is 0.367 e. The van der Waals surface area contributed by atoms with E-state index >= 15 is 0 Å². The average molecular weight is 378 g/mol. The molecule has 146 valence electrons. The third-order valence-corrected chi connectivity index (χ3v) is 6.11. The van der Waals surface area contributed by atoms with Gasteiger partial charge in [0.2, 0.25) is 0 Å². The Bertz CT molecular complexity index is 1060. The molecule has 1 saturated carbocycles. The van der Waals surface area contributed by atoms with Crippen LogP contribution in [0.25, 0.3) is 5.65 Å². The first-order valence-corrected chi connectivity index (χ1v) is 10.4. The summed E-state index contributed by atoms with van der Waals surface area (Å²) in [7, 11) is 0. The van der Waals surface area contributed by atoms with Gasteiger partial charge >= 0.3 is 0 Å². The van der Waals surface area contributed by atoms with Crippen molar-refractivity contribution in [2.24, 2.45) is 0 Å². The zero-order valence-corrected chi connectivity index (χ0v) is 16.3. The molecule has 3 heterocycles. The molecule has 0 radical (unpaired) electrons. The van der Waals surface area contributed by atoms with E-state index in [2.05, 4.69) is 15.4 Å². The minimum atomic E-state index is 0.0695. The van der Waals surface area contributed by atoms with E-state index in [9.17, 15) is 4.79 Å². The number of hydrogen-bond acceptors (Lipinski definition) is 5. The Labute approximate surface area is 163 Å². The van der Waals surface area contributed by atoms with Crippen LogP contribution >= 0.6 is 0 Å². The molecule has 7 heteroatoms. The maximum absolute atomic E-state index is 12.6. The van der Waals surface area contributed by atoms with Crippen molar-refractivity contribution in [1.82, 2.24) is 24.4 Å². The Hall–Kier alpha value is -2.70. The molecule has 0 unspecified atom stereocenters. The maximum Gasteiger partial charge on any atom is 0.267 e. The predicted octanol–water partition coefficient (Wildman–Crippen LogP) is 3.07. The second-order valence-corrected chi connectivity index (χ2v) is 8.14. The lowest BCUT2D eigenvalue weighted by Gasteiger charge is -2.30. The first-order valence-electron chi connectivity index (χ1n) is 10.4. The number of aromatic nitrogens is 5. The molecule has 3 aromatic heterocycles. The van der Waals surface area contributed by atoms with Gasteiger partial charge in [0.25, 0.3) is 5.56 Å². The van der Waals surface area contributed by atoms with Crippen LogP contribution in [0, 0.1) is 6.92 Å². The number of fused-ring (bicyclic) bond motifs is 2. The lowest BCUT2D eigenvalue weighted by atomic mass is 9.91. The molecular formula is C21H26N6O. The van der Waals surface area contributed by atoms with Crippen molar-refractivity contribution in [1.29, 1.82) is 0 Å². The lowest BCUT2D eigenvalue weighted by Crippen LogP contribution is -2.34. The predicted molar refractivity (Wildman–Crippen MR) is 108 cm³/mol. The Balaban J connectivity index is 1.30. The van der Waals surface area contributed by atoms with Crippen LogP contribution in [0.15, 0.2) is 29.2 Å². The molecule has 0 atom stereocenters. The molecule has 0 bridgehead atoms. The summed E-state index contributed by atoms with van der Waals surface area (Å²) in [5.74, 6) is 0.986. The second kappa shape index (κ2) is 7.04. The minimum absolute atomic E-state index is 0.0695. The van der Waals surface area contributed by atoms with E-state index < -0.39 is 0 Å². The summed E-state index contributed by atoms with van der Waals surface area (Å²) in [4.78, 5) is 17.1. The number of anilines is 1. The third-order valence-electron chi connectivity index (χ3n) is 6.11. The normalized spacial score (nSPS) is 22.2. The monoisotopic (exact) mass is 378 g/mol. The summed E-state index contributed by atoms with van der Waals surface area (Å²) in [6, 6.07) is 6.38. The molecule has 0 amide bonds. The van der Waals surface area contributed by atoms with E-state index in [1.54, 1.807) is 10.9 Å². The maximum atomic E-state index is 12.6. The van der Waals surface area contributed by atoms with Crippen molar-refractivity contribution >= 4 is 11.5 Å². The molecule has 0 spiro atoms. The van der Waals surface area contributed by atoms with Gasteiger partial charge in [-0.15, -0.1) is 0 Å². The first-order chi connectivity index (χ1) is 13.7. The molecule has 0 saturated heterocycles. The second-order valence-electron chi connectivity index (χ2n) is 8.14. The Morgan fingerprint density at radius 2 is 1.93 bits per heavy atom. The van der Waals surface area contributed by atoms with Crippen molar-refractivity contribution in [3.05, 3.63) is 51.7 Å². The Kier molecular flexibility index (Phi) is 4.37. The molecule has 5 rings (SSSR count). The summed E-state index contributed by atoms with van der Waals surface area (Å²) < 4.78 is 3.62. The lowest BCUT2D eigenvalue weighted by molar-refractivity contribution is 0.300. The van der Waals surface area contributed by atoms with Crippen molar-refractivity contribution in [3.63, 3.8) is 0 Å². The fourth-order valence-corrected chi connectivity index (χ4v) is 4.65. The highest BCUT2D eigenvalue weighted by molar-refractivity contribution is 5.49. The van der Waals surface area contributed by atoms with Crippen LogP contribution < -0.4 is 10.9 Å². The van der Waals surface area contributed by atoms with Gasteiger partial charge in [-0.1, -0.05) is 0 Å². The van der Waals surface area contributed by atoms with E-state index in [0.29, 0.717) is 6.04 Å². The zero-order valence-electron chi connectivity index (χ0n) is 16.3. The van der Waals surface area contributed by atoms with E-state index in [1.807, 2.05) is 29.6 Å². The van der Waals surface area contributed by atoms with Gasteiger partial charge < -0.3 is 5.32 Å². The van der Waals surface area contributed by atoms with Gasteiger partial charge in [0.1, 0.15) is 5.82 Å². The van der Waals surface area contributed by atoms with Crippen LogP contribution in [-0.4, -0.2) is 30.4 Å². The topological polar surface area (TPSA) is 77.1 Å². The van der Waals surface area contributed by atoms with Crippen molar-refractivity contribution in [2.45, 2.75) is 70.4 Å². The fraction of sp³-hybridized carbons (Fsp3) is 0.524. The quantitative estimate of drug-likeness (QED) is 0.758. The number of nitrogens with zero attached hydrogens (tertiary/aromatic N) is 5. The van der Waals surface area contributed by atoms with Crippen molar-refractivity contribution in [2.75, 3.05) is 5.32 Å². The van der Waals surface area contributed by atoms with Crippen LogP contribution in [0.3, 0.4) is 0 Å². The summed E-state index contributed by atoms with van der Waals surface area (Å²) in [5, 5.41) is 12.8. The molecule has 1 N–H and O–H groups in total. The van der Waals surface area contributed by atoms with E-state index in [1.165, 1.54) is 18.4 Å². The van der Waals surface area contributed by atoms with Gasteiger partial charge in [-0.25, -0.2) is 9.67 Å². The molecule has 1 fully saturated rings. The highest BCUT2D eigenvalue weighted by atomic mass is 16.1. The van der Waals surface area contributed by atoms with Crippen LogP contribution in [0.4, 0.5) is 5.82 Å². The number of hydrogen-bond donors (Lipinski definition) is 1. The van der Waals surface area contributed by atoms with Crippen LogP contribution in [0.2, 0.25) is 0 Å². The molecule has 2 aliphatic carbocycles. The summed E-state index contributed by atoms with van der Waals surface area (Å²) in [6.07, 6.45) is 10.1. The van der Waals surface area contributed by atoms with Crippen LogP contribution in [0.5, 0.6) is 0 Å².